The van der Waals surface area contributed by atoms with Gasteiger partial charge < -0.3 is 15.3 Å². The lowest BCUT2D eigenvalue weighted by Crippen LogP contribution is -2.32. The lowest BCUT2D eigenvalue weighted by Gasteiger charge is -2.20. The first kappa shape index (κ1) is 13.5. The summed E-state index contributed by atoms with van der Waals surface area (Å²) in [4.78, 5) is 24.5. The molecule has 0 atom stereocenters. The summed E-state index contributed by atoms with van der Waals surface area (Å²) in [5.41, 5.74) is 3.01. The molecule has 0 saturated carbocycles. The van der Waals surface area contributed by atoms with Gasteiger partial charge in [0.25, 0.3) is 5.91 Å². The van der Waals surface area contributed by atoms with Gasteiger partial charge in [-0.2, -0.15) is 0 Å². The predicted molar refractivity (Wildman–Crippen MR) is 70.8 cm³/mol. The third-order valence-corrected chi connectivity index (χ3v) is 3.35. The van der Waals surface area contributed by atoms with Gasteiger partial charge in [0.1, 0.15) is 0 Å². The highest BCUT2D eigenvalue weighted by Crippen LogP contribution is 2.18. The maximum absolute atomic E-state index is 12.3. The van der Waals surface area contributed by atoms with E-state index in [4.69, 9.17) is 5.11 Å². The summed E-state index contributed by atoms with van der Waals surface area (Å²) in [5.74, 6) is -0.983. The summed E-state index contributed by atoms with van der Waals surface area (Å²) in [6, 6.07) is 5.69. The zero-order chi connectivity index (χ0) is 13.8. The number of nitrogens with zero attached hydrogens (tertiary/aromatic N) is 1. The van der Waals surface area contributed by atoms with Gasteiger partial charge in [0.15, 0.2) is 0 Å². The van der Waals surface area contributed by atoms with Crippen molar-refractivity contribution in [2.45, 2.75) is 26.4 Å². The van der Waals surface area contributed by atoms with E-state index in [0.29, 0.717) is 12.1 Å². The van der Waals surface area contributed by atoms with Gasteiger partial charge in [-0.05, 0) is 30.2 Å². The van der Waals surface area contributed by atoms with Crippen LogP contribution in [0.15, 0.2) is 18.2 Å². The summed E-state index contributed by atoms with van der Waals surface area (Å²) >= 11 is 0. The van der Waals surface area contributed by atoms with Gasteiger partial charge >= 0.3 is 5.97 Å². The number of carboxylic acid groups (broad SMARTS) is 1. The molecule has 0 fully saturated rings. The number of nitrogens with one attached hydrogen (secondary N) is 1. The molecule has 19 heavy (non-hydrogen) atoms. The molecule has 1 aromatic rings. The van der Waals surface area contributed by atoms with E-state index in [-0.39, 0.29) is 18.9 Å². The van der Waals surface area contributed by atoms with Gasteiger partial charge in [-0.15, -0.1) is 0 Å². The van der Waals surface area contributed by atoms with Crippen LogP contribution in [0.3, 0.4) is 0 Å². The average molecular weight is 262 g/mol. The molecule has 1 aliphatic heterocycles. The first-order valence-electron chi connectivity index (χ1n) is 6.45. The Morgan fingerprint density at radius 2 is 2.05 bits per heavy atom. The summed E-state index contributed by atoms with van der Waals surface area (Å²) in [5, 5.41) is 11.9. The molecule has 2 N–H and O–H groups in total. The number of aliphatic carboxylic acids is 1. The van der Waals surface area contributed by atoms with Crippen molar-refractivity contribution >= 4 is 11.9 Å². The van der Waals surface area contributed by atoms with E-state index in [0.717, 1.165) is 18.7 Å². The summed E-state index contributed by atoms with van der Waals surface area (Å²) < 4.78 is 0. The van der Waals surface area contributed by atoms with Crippen LogP contribution in [0.2, 0.25) is 0 Å². The highest BCUT2D eigenvalue weighted by molar-refractivity contribution is 5.94. The first-order chi connectivity index (χ1) is 9.11. The van der Waals surface area contributed by atoms with Crippen molar-refractivity contribution in [1.82, 2.24) is 10.2 Å². The molecule has 1 amide bonds. The Hall–Kier alpha value is -1.88. The Morgan fingerprint density at radius 3 is 2.74 bits per heavy atom. The molecule has 0 unspecified atom stereocenters. The first-order valence-corrected chi connectivity index (χ1v) is 6.45. The fourth-order valence-corrected chi connectivity index (χ4v) is 2.24. The number of hydrogen-bond acceptors (Lipinski definition) is 3. The number of carboxylic acids is 1. The molecule has 102 valence electrons. The summed E-state index contributed by atoms with van der Waals surface area (Å²) in [7, 11) is 0. The van der Waals surface area contributed by atoms with Crippen molar-refractivity contribution in [3.8, 4) is 0 Å². The van der Waals surface area contributed by atoms with E-state index in [1.54, 1.807) is 4.90 Å². The second kappa shape index (κ2) is 5.84. The molecule has 0 aliphatic carbocycles. The lowest BCUT2D eigenvalue weighted by atomic mass is 10.1. The Morgan fingerprint density at radius 1 is 1.32 bits per heavy atom. The number of amides is 1. The molecule has 1 aromatic carbocycles. The Balaban J connectivity index is 2.11. The van der Waals surface area contributed by atoms with E-state index >= 15 is 0 Å². The quantitative estimate of drug-likeness (QED) is 0.837. The molecule has 1 aliphatic rings. The zero-order valence-corrected chi connectivity index (χ0v) is 11.0. The SMILES string of the molecule is CCN(CCC(=O)O)C(=O)c1ccc2c(c1)CNC2. The van der Waals surface area contributed by atoms with Gasteiger partial charge in [0, 0.05) is 31.7 Å². The molecule has 0 saturated heterocycles. The van der Waals surface area contributed by atoms with Crippen LogP contribution in [0.5, 0.6) is 0 Å². The topological polar surface area (TPSA) is 69.6 Å². The summed E-state index contributed by atoms with van der Waals surface area (Å²) in [6.07, 6.45) is -0.0217. The fourth-order valence-electron chi connectivity index (χ4n) is 2.24. The maximum Gasteiger partial charge on any atom is 0.305 e. The van der Waals surface area contributed by atoms with E-state index in [2.05, 4.69) is 5.32 Å². The van der Waals surface area contributed by atoms with Crippen LogP contribution in [0, 0.1) is 0 Å². The molecule has 0 bridgehead atoms. The highest BCUT2D eigenvalue weighted by atomic mass is 16.4. The molecular weight excluding hydrogens is 244 g/mol. The monoisotopic (exact) mass is 262 g/mol. The highest BCUT2D eigenvalue weighted by Gasteiger charge is 2.18. The predicted octanol–water partition coefficient (Wildman–Crippen LogP) is 1.23. The third-order valence-electron chi connectivity index (χ3n) is 3.35. The van der Waals surface area contributed by atoms with Gasteiger partial charge in [0.05, 0.1) is 6.42 Å². The smallest absolute Gasteiger partial charge is 0.305 e. The Labute approximate surface area is 112 Å². The Kier molecular flexibility index (Phi) is 4.16. The summed E-state index contributed by atoms with van der Waals surface area (Å²) in [6.45, 7) is 4.26. The minimum Gasteiger partial charge on any atom is -0.481 e. The lowest BCUT2D eigenvalue weighted by molar-refractivity contribution is -0.137. The van der Waals surface area contributed by atoms with E-state index in [1.807, 2.05) is 25.1 Å². The van der Waals surface area contributed by atoms with Crippen molar-refractivity contribution in [2.24, 2.45) is 0 Å². The number of benzene rings is 1. The third kappa shape index (κ3) is 3.12. The minimum absolute atomic E-state index is 0.0217. The van der Waals surface area contributed by atoms with E-state index < -0.39 is 5.97 Å². The van der Waals surface area contributed by atoms with Crippen molar-refractivity contribution < 1.29 is 14.7 Å². The number of carbonyl (C=O) groups is 2. The van der Waals surface area contributed by atoms with Crippen LogP contribution >= 0.6 is 0 Å². The molecule has 0 radical (unpaired) electrons. The zero-order valence-electron chi connectivity index (χ0n) is 11.0. The number of carbonyl (C=O) groups excluding carboxylic acids is 1. The molecule has 2 rings (SSSR count). The van der Waals surface area contributed by atoms with Gasteiger partial charge in [-0.1, -0.05) is 6.07 Å². The van der Waals surface area contributed by atoms with E-state index in [1.165, 1.54) is 5.56 Å². The second-order valence-corrected chi connectivity index (χ2v) is 4.62. The van der Waals surface area contributed by atoms with Gasteiger partial charge in [-0.3, -0.25) is 9.59 Å². The standard InChI is InChI=1S/C14H18N2O3/c1-2-16(6-5-13(17)18)14(19)10-3-4-11-8-15-9-12(11)7-10/h3-4,7,15H,2,5-6,8-9H2,1H3,(H,17,18). The van der Waals surface area contributed by atoms with Crippen molar-refractivity contribution in [3.63, 3.8) is 0 Å². The van der Waals surface area contributed by atoms with Crippen molar-refractivity contribution in [3.05, 3.63) is 34.9 Å². The van der Waals surface area contributed by atoms with Crippen molar-refractivity contribution in [1.29, 1.82) is 0 Å². The molecule has 0 spiro atoms. The van der Waals surface area contributed by atoms with Crippen LogP contribution in [0.1, 0.15) is 34.8 Å². The molecule has 1 heterocycles. The minimum atomic E-state index is -0.885. The maximum atomic E-state index is 12.3. The van der Waals surface area contributed by atoms with Crippen LogP contribution in [0.4, 0.5) is 0 Å². The normalized spacial score (nSPS) is 13.1. The molecular formula is C14H18N2O3. The largest absolute Gasteiger partial charge is 0.481 e. The molecule has 5 heteroatoms. The fraction of sp³-hybridized carbons (Fsp3) is 0.429. The number of fused-ring (bicyclic) bond motifs is 1. The van der Waals surface area contributed by atoms with Crippen molar-refractivity contribution in [2.75, 3.05) is 13.1 Å². The Bertz CT molecular complexity index is 499. The van der Waals surface area contributed by atoms with E-state index in [9.17, 15) is 9.59 Å². The average Bonchev–Trinajstić information content (AvgIpc) is 2.85. The van der Waals surface area contributed by atoms with Crippen LogP contribution < -0.4 is 5.32 Å². The van der Waals surface area contributed by atoms with Gasteiger partial charge in [-0.25, -0.2) is 0 Å². The number of hydrogen-bond donors (Lipinski definition) is 2. The second-order valence-electron chi connectivity index (χ2n) is 4.62. The molecule has 0 aromatic heterocycles. The molecule has 5 nitrogen and oxygen atoms in total. The number of rotatable bonds is 5. The van der Waals surface area contributed by atoms with Gasteiger partial charge in [0.2, 0.25) is 0 Å². The van der Waals surface area contributed by atoms with Crippen LogP contribution in [-0.4, -0.2) is 35.0 Å². The van der Waals surface area contributed by atoms with Crippen LogP contribution in [0.25, 0.3) is 0 Å². The van der Waals surface area contributed by atoms with Crippen LogP contribution in [-0.2, 0) is 17.9 Å².